The van der Waals surface area contributed by atoms with Crippen LogP contribution < -0.4 is 15.5 Å². The first-order valence-electron chi connectivity index (χ1n) is 14.2. The van der Waals surface area contributed by atoms with Crippen molar-refractivity contribution in [3.05, 3.63) is 93.6 Å². The maximum Gasteiger partial charge on any atom is 0.267 e. The molecule has 0 atom stereocenters. The first-order chi connectivity index (χ1) is 20.7. The highest BCUT2D eigenvalue weighted by Crippen LogP contribution is 2.36. The average molecular weight is 582 g/mol. The molecule has 1 saturated heterocycles. The van der Waals surface area contributed by atoms with Gasteiger partial charge in [-0.25, -0.2) is 0 Å². The number of benzene rings is 2. The smallest absolute Gasteiger partial charge is 0.267 e. The first kappa shape index (κ1) is 26.6. The third-order valence-corrected chi connectivity index (χ3v) is 8.89. The molecule has 2 N–H and O–H groups in total. The van der Waals surface area contributed by atoms with Crippen molar-refractivity contribution >= 4 is 51.0 Å². The number of pyridine rings is 1. The normalized spacial score (nSPS) is 17.1. The van der Waals surface area contributed by atoms with Crippen LogP contribution in [0.25, 0.3) is 10.9 Å². The van der Waals surface area contributed by atoms with E-state index in [1.165, 1.54) is 11.3 Å². The molecule has 0 unspecified atom stereocenters. The number of nitrogens with zero attached hydrogens (tertiary/aromatic N) is 3. The Bertz CT molecular complexity index is 1690. The van der Waals surface area contributed by atoms with Crippen LogP contribution in [0.2, 0.25) is 0 Å². The second-order valence-electron chi connectivity index (χ2n) is 10.5. The number of hydrogen-bond donors (Lipinski definition) is 2. The Morgan fingerprint density at radius 1 is 1.00 bits per heavy atom. The zero-order chi connectivity index (χ0) is 28.5. The fourth-order valence-corrected chi connectivity index (χ4v) is 6.73. The van der Waals surface area contributed by atoms with E-state index in [9.17, 15) is 9.59 Å². The van der Waals surface area contributed by atoms with E-state index < -0.39 is 0 Å². The zero-order valence-corrected chi connectivity index (χ0v) is 23.9. The molecule has 0 spiro atoms. The van der Waals surface area contributed by atoms with Crippen molar-refractivity contribution in [1.82, 2.24) is 9.88 Å². The summed E-state index contributed by atoms with van der Waals surface area (Å²) < 4.78 is 11.2. The van der Waals surface area contributed by atoms with Crippen LogP contribution in [-0.2, 0) is 27.2 Å². The van der Waals surface area contributed by atoms with Gasteiger partial charge in [-0.1, -0.05) is 18.2 Å². The molecule has 5 heterocycles. The molecule has 214 valence electrons. The first-order valence-corrected chi connectivity index (χ1v) is 15.1. The summed E-state index contributed by atoms with van der Waals surface area (Å²) in [5, 5.41) is 9.56. The number of carbonyl (C=O) groups is 2. The van der Waals surface area contributed by atoms with Crippen molar-refractivity contribution < 1.29 is 19.1 Å². The second kappa shape index (κ2) is 11.6. The van der Waals surface area contributed by atoms with Gasteiger partial charge in [0, 0.05) is 49.1 Å². The van der Waals surface area contributed by atoms with Gasteiger partial charge in [0.2, 0.25) is 5.78 Å². The van der Waals surface area contributed by atoms with E-state index >= 15 is 0 Å². The van der Waals surface area contributed by atoms with Gasteiger partial charge in [-0.2, -0.15) is 0 Å². The molecule has 7 rings (SSSR count). The molecule has 0 bridgehead atoms. The number of rotatable bonds is 7. The molecule has 0 radical (unpaired) electrons. The second-order valence-corrected chi connectivity index (χ2v) is 11.4. The number of anilines is 3. The standard InChI is InChI=1S/C32H31N5O4S/c38-29-20-41-19-28(30(29)36-12-14-40-15-13-36)37-11-8-21-17-23(5-6-27(21)37)35-32(39)31-26(9-16-42-31)34-18-22-7-10-33-25-4-2-1-3-24(22)25/h1-7,9-10,16-17,34H,8,11-15,18-20H2,(H,35,39). The highest BCUT2D eigenvalue weighted by atomic mass is 32.1. The van der Waals surface area contributed by atoms with Gasteiger partial charge in [-0.05, 0) is 59.3 Å². The van der Waals surface area contributed by atoms with Crippen molar-refractivity contribution in [3.8, 4) is 0 Å². The third kappa shape index (κ3) is 5.13. The Balaban J connectivity index is 1.07. The number of amides is 1. The number of fused-ring (bicyclic) bond motifs is 2. The number of para-hydroxylation sites is 1. The number of carbonyl (C=O) groups excluding carboxylic acids is 2. The van der Waals surface area contributed by atoms with E-state index in [4.69, 9.17) is 9.47 Å². The van der Waals surface area contributed by atoms with Crippen LogP contribution in [0.15, 0.2) is 77.6 Å². The molecule has 10 heteroatoms. The maximum absolute atomic E-state index is 13.3. The van der Waals surface area contributed by atoms with Gasteiger partial charge in [0.15, 0.2) is 0 Å². The summed E-state index contributed by atoms with van der Waals surface area (Å²) >= 11 is 1.41. The van der Waals surface area contributed by atoms with E-state index in [1.54, 1.807) is 0 Å². The molecule has 3 aliphatic heterocycles. The summed E-state index contributed by atoms with van der Waals surface area (Å²) in [6, 6.07) is 18.0. The zero-order valence-electron chi connectivity index (χ0n) is 23.1. The number of nitrogens with one attached hydrogen (secondary N) is 2. The number of ketones is 1. The topological polar surface area (TPSA) is 96.0 Å². The lowest BCUT2D eigenvalue weighted by Crippen LogP contribution is -2.44. The lowest BCUT2D eigenvalue weighted by molar-refractivity contribution is -0.123. The third-order valence-electron chi connectivity index (χ3n) is 7.98. The van der Waals surface area contributed by atoms with E-state index in [2.05, 4.69) is 31.5 Å². The number of Topliss-reactive ketones (excluding diaryl/α,β-unsaturated/α-hetero) is 1. The largest absolute Gasteiger partial charge is 0.380 e. The molecule has 4 aromatic rings. The van der Waals surface area contributed by atoms with Crippen LogP contribution in [0.1, 0.15) is 20.8 Å². The minimum atomic E-state index is -0.148. The van der Waals surface area contributed by atoms with Crippen molar-refractivity contribution in [3.63, 3.8) is 0 Å². The Morgan fingerprint density at radius 2 is 1.88 bits per heavy atom. The summed E-state index contributed by atoms with van der Waals surface area (Å²) in [6.07, 6.45) is 2.63. The van der Waals surface area contributed by atoms with Crippen LogP contribution in [0.5, 0.6) is 0 Å². The maximum atomic E-state index is 13.3. The van der Waals surface area contributed by atoms with Gasteiger partial charge >= 0.3 is 0 Å². The molecule has 42 heavy (non-hydrogen) atoms. The fourth-order valence-electron chi connectivity index (χ4n) is 5.96. The van der Waals surface area contributed by atoms with Crippen molar-refractivity contribution in [2.24, 2.45) is 0 Å². The molecule has 0 saturated carbocycles. The lowest BCUT2D eigenvalue weighted by atomic mass is 10.1. The molecule has 0 aliphatic carbocycles. The van der Waals surface area contributed by atoms with Gasteiger partial charge in [-0.3, -0.25) is 14.6 Å². The summed E-state index contributed by atoms with van der Waals surface area (Å²) in [5.41, 5.74) is 7.48. The van der Waals surface area contributed by atoms with Gasteiger partial charge in [0.05, 0.1) is 36.7 Å². The SMILES string of the molecule is O=C1COCC(N2CCc3cc(NC(=O)c4sccc4NCc4ccnc5ccccc45)ccc32)=C1N1CCOCC1. The van der Waals surface area contributed by atoms with Crippen LogP contribution >= 0.6 is 11.3 Å². The molecular formula is C32H31N5O4S. The number of ether oxygens (including phenoxy) is 2. The van der Waals surface area contributed by atoms with Gasteiger partial charge in [0.25, 0.3) is 5.91 Å². The summed E-state index contributed by atoms with van der Waals surface area (Å²) in [4.78, 5) is 35.7. The highest BCUT2D eigenvalue weighted by Gasteiger charge is 2.33. The van der Waals surface area contributed by atoms with E-state index in [1.807, 2.05) is 60.1 Å². The summed E-state index contributed by atoms with van der Waals surface area (Å²) in [7, 11) is 0. The van der Waals surface area contributed by atoms with Crippen LogP contribution in [0.3, 0.4) is 0 Å². The molecule has 1 fully saturated rings. The fraction of sp³-hybridized carbons (Fsp3) is 0.281. The molecular weight excluding hydrogens is 550 g/mol. The highest BCUT2D eigenvalue weighted by molar-refractivity contribution is 7.12. The Labute approximate surface area is 247 Å². The average Bonchev–Trinajstić information content (AvgIpc) is 3.67. The molecule has 2 aromatic heterocycles. The molecule has 3 aliphatic rings. The van der Waals surface area contributed by atoms with Crippen molar-refractivity contribution in [2.75, 3.05) is 61.6 Å². The monoisotopic (exact) mass is 581 g/mol. The summed E-state index contributed by atoms with van der Waals surface area (Å²) in [6.45, 7) is 4.50. The van der Waals surface area contributed by atoms with Crippen LogP contribution in [0.4, 0.5) is 17.1 Å². The minimum Gasteiger partial charge on any atom is -0.380 e. The molecule has 9 nitrogen and oxygen atoms in total. The van der Waals surface area contributed by atoms with Crippen molar-refractivity contribution in [2.45, 2.75) is 13.0 Å². The number of aromatic nitrogens is 1. The van der Waals surface area contributed by atoms with E-state index in [0.717, 1.165) is 63.5 Å². The van der Waals surface area contributed by atoms with Gasteiger partial charge < -0.3 is 29.9 Å². The molecule has 2 aromatic carbocycles. The van der Waals surface area contributed by atoms with E-state index in [0.29, 0.717) is 44.3 Å². The lowest BCUT2D eigenvalue weighted by Gasteiger charge is -2.36. The predicted molar refractivity (Wildman–Crippen MR) is 164 cm³/mol. The number of hydrogen-bond acceptors (Lipinski definition) is 9. The Kier molecular flexibility index (Phi) is 7.33. The Hall–Kier alpha value is -4.25. The minimum absolute atomic E-state index is 0.0213. The number of thiophene rings is 1. The van der Waals surface area contributed by atoms with Crippen molar-refractivity contribution in [1.29, 1.82) is 0 Å². The van der Waals surface area contributed by atoms with Crippen LogP contribution in [-0.4, -0.2) is 67.6 Å². The van der Waals surface area contributed by atoms with Crippen LogP contribution in [0, 0.1) is 0 Å². The predicted octanol–water partition coefficient (Wildman–Crippen LogP) is 4.67. The molecule has 1 amide bonds. The van der Waals surface area contributed by atoms with Gasteiger partial charge in [-0.15, -0.1) is 11.3 Å². The van der Waals surface area contributed by atoms with E-state index in [-0.39, 0.29) is 18.3 Å². The van der Waals surface area contributed by atoms with Gasteiger partial charge in [0.1, 0.15) is 17.2 Å². The quantitative estimate of drug-likeness (QED) is 0.325. The summed E-state index contributed by atoms with van der Waals surface area (Å²) in [5.74, 6) is -0.126. The number of morpholine rings is 1. The Morgan fingerprint density at radius 3 is 2.79 bits per heavy atom.